The van der Waals surface area contributed by atoms with Crippen LogP contribution < -0.4 is 5.32 Å². The molecule has 0 saturated carbocycles. The highest BCUT2D eigenvalue weighted by Gasteiger charge is 2.19. The highest BCUT2D eigenvalue weighted by atomic mass is 16.1. The molecule has 0 spiro atoms. The van der Waals surface area contributed by atoms with Crippen LogP contribution in [0.25, 0.3) is 0 Å². The predicted molar refractivity (Wildman–Crippen MR) is 74.8 cm³/mol. The largest absolute Gasteiger partial charge is 0.353 e. The Morgan fingerprint density at radius 2 is 2.20 bits per heavy atom. The fourth-order valence-corrected chi connectivity index (χ4v) is 1.91. The van der Waals surface area contributed by atoms with Crippen molar-refractivity contribution < 1.29 is 4.79 Å². The Hall–Kier alpha value is -2.61. The van der Waals surface area contributed by atoms with Gasteiger partial charge in [0.2, 0.25) is 5.91 Å². The Morgan fingerprint density at radius 3 is 2.80 bits per heavy atom. The van der Waals surface area contributed by atoms with Gasteiger partial charge in [-0.1, -0.05) is 30.3 Å². The summed E-state index contributed by atoms with van der Waals surface area (Å²) in [5, 5.41) is 16.0. The van der Waals surface area contributed by atoms with E-state index in [1.807, 2.05) is 37.4 Å². The van der Waals surface area contributed by atoms with Crippen LogP contribution in [0.4, 0.5) is 0 Å². The van der Waals surface area contributed by atoms with E-state index in [1.165, 1.54) is 0 Å². The monoisotopic (exact) mass is 268 g/mol. The van der Waals surface area contributed by atoms with Crippen LogP contribution in [0.3, 0.4) is 0 Å². The zero-order valence-corrected chi connectivity index (χ0v) is 11.3. The van der Waals surface area contributed by atoms with E-state index in [1.54, 1.807) is 23.0 Å². The van der Waals surface area contributed by atoms with Gasteiger partial charge in [0.1, 0.15) is 5.92 Å². The van der Waals surface area contributed by atoms with Crippen molar-refractivity contribution in [3.63, 3.8) is 0 Å². The fourth-order valence-electron chi connectivity index (χ4n) is 1.91. The van der Waals surface area contributed by atoms with Crippen molar-refractivity contribution in [1.82, 2.24) is 15.1 Å². The third-order valence-corrected chi connectivity index (χ3v) is 2.93. The molecule has 0 aliphatic rings. The molecule has 20 heavy (non-hydrogen) atoms. The van der Waals surface area contributed by atoms with E-state index in [0.717, 1.165) is 5.56 Å². The topological polar surface area (TPSA) is 70.7 Å². The molecule has 102 valence electrons. The van der Waals surface area contributed by atoms with Gasteiger partial charge in [-0.3, -0.25) is 9.48 Å². The summed E-state index contributed by atoms with van der Waals surface area (Å²) in [7, 11) is 0. The van der Waals surface area contributed by atoms with Crippen LogP contribution in [-0.2, 0) is 11.3 Å². The van der Waals surface area contributed by atoms with E-state index in [-0.39, 0.29) is 5.91 Å². The van der Waals surface area contributed by atoms with Gasteiger partial charge in [0.25, 0.3) is 0 Å². The Kier molecular flexibility index (Phi) is 4.51. The number of hydrogen-bond donors (Lipinski definition) is 1. The van der Waals surface area contributed by atoms with Crippen molar-refractivity contribution in [2.75, 3.05) is 6.54 Å². The summed E-state index contributed by atoms with van der Waals surface area (Å²) in [5.74, 6) is -1.04. The Labute approximate surface area is 117 Å². The molecule has 0 aliphatic carbocycles. The second-order valence-corrected chi connectivity index (χ2v) is 4.54. The Bertz CT molecular complexity index is 612. The lowest BCUT2D eigenvalue weighted by Gasteiger charge is -2.10. The molecule has 2 rings (SSSR count). The lowest BCUT2D eigenvalue weighted by molar-refractivity contribution is -0.121. The lowest BCUT2D eigenvalue weighted by atomic mass is 10.00. The molecule has 1 amide bonds. The Balaban J connectivity index is 1.89. The molecule has 0 bridgehead atoms. The van der Waals surface area contributed by atoms with Gasteiger partial charge < -0.3 is 5.32 Å². The minimum absolute atomic E-state index is 0.275. The predicted octanol–water partition coefficient (Wildman–Crippen LogP) is 1.62. The zero-order chi connectivity index (χ0) is 14.4. The number of hydrogen-bond acceptors (Lipinski definition) is 3. The second-order valence-electron chi connectivity index (χ2n) is 4.54. The van der Waals surface area contributed by atoms with Gasteiger partial charge in [-0.15, -0.1) is 0 Å². The van der Waals surface area contributed by atoms with Gasteiger partial charge >= 0.3 is 0 Å². The molecule has 5 nitrogen and oxygen atoms in total. The molecule has 1 atom stereocenters. The first kappa shape index (κ1) is 13.8. The van der Waals surface area contributed by atoms with E-state index in [2.05, 4.69) is 10.4 Å². The van der Waals surface area contributed by atoms with Crippen molar-refractivity contribution in [1.29, 1.82) is 5.26 Å². The molecule has 0 fully saturated rings. The SMILES string of the molecule is Cc1cnn(CCNC(=O)C(C#N)c2ccccc2)c1. The summed E-state index contributed by atoms with van der Waals surface area (Å²) in [6.45, 7) is 3.00. The van der Waals surface area contributed by atoms with E-state index >= 15 is 0 Å². The number of carbonyl (C=O) groups excluding carboxylic acids is 1. The standard InChI is InChI=1S/C15H16N4O/c1-12-10-18-19(11-12)8-7-17-15(20)14(9-16)13-5-3-2-4-6-13/h2-6,10-11,14H,7-8H2,1H3,(H,17,20). The van der Waals surface area contributed by atoms with Crippen molar-refractivity contribution in [2.24, 2.45) is 0 Å². The number of carbonyl (C=O) groups is 1. The molecule has 1 N–H and O–H groups in total. The molecule has 0 saturated heterocycles. The van der Waals surface area contributed by atoms with Crippen LogP contribution in [0, 0.1) is 18.3 Å². The number of nitrogens with one attached hydrogen (secondary N) is 1. The van der Waals surface area contributed by atoms with Gasteiger partial charge in [0.05, 0.1) is 18.8 Å². The van der Waals surface area contributed by atoms with Crippen LogP contribution in [0.1, 0.15) is 17.0 Å². The molecule has 1 heterocycles. The summed E-state index contributed by atoms with van der Waals surface area (Å²) in [6.07, 6.45) is 3.68. The number of rotatable bonds is 5. The van der Waals surface area contributed by atoms with Gasteiger partial charge in [0, 0.05) is 12.7 Å². The zero-order valence-electron chi connectivity index (χ0n) is 11.3. The maximum Gasteiger partial charge on any atom is 0.241 e. The summed E-state index contributed by atoms with van der Waals surface area (Å²) >= 11 is 0. The molecular weight excluding hydrogens is 252 g/mol. The minimum atomic E-state index is -0.768. The average molecular weight is 268 g/mol. The molecule has 1 aromatic heterocycles. The van der Waals surface area contributed by atoms with Crippen LogP contribution in [0.5, 0.6) is 0 Å². The molecular formula is C15H16N4O. The van der Waals surface area contributed by atoms with Crippen molar-refractivity contribution in [3.8, 4) is 6.07 Å². The summed E-state index contributed by atoms with van der Waals surface area (Å²) < 4.78 is 1.76. The van der Waals surface area contributed by atoms with Crippen molar-refractivity contribution in [2.45, 2.75) is 19.4 Å². The fraction of sp³-hybridized carbons (Fsp3) is 0.267. The molecule has 0 aliphatic heterocycles. The quantitative estimate of drug-likeness (QED) is 0.895. The second kappa shape index (κ2) is 6.53. The maximum atomic E-state index is 12.0. The third-order valence-electron chi connectivity index (χ3n) is 2.93. The van der Waals surface area contributed by atoms with Crippen LogP contribution >= 0.6 is 0 Å². The highest BCUT2D eigenvalue weighted by Crippen LogP contribution is 2.14. The first-order chi connectivity index (χ1) is 9.70. The summed E-state index contributed by atoms with van der Waals surface area (Å²) in [4.78, 5) is 12.0. The normalized spacial score (nSPS) is 11.6. The number of nitriles is 1. The number of aryl methyl sites for hydroxylation is 1. The van der Waals surface area contributed by atoms with Crippen molar-refractivity contribution >= 4 is 5.91 Å². The smallest absolute Gasteiger partial charge is 0.241 e. The lowest BCUT2D eigenvalue weighted by Crippen LogP contribution is -2.31. The van der Waals surface area contributed by atoms with Gasteiger partial charge in [0.15, 0.2) is 0 Å². The number of amides is 1. The summed E-state index contributed by atoms with van der Waals surface area (Å²) in [5.41, 5.74) is 1.79. The Morgan fingerprint density at radius 1 is 1.45 bits per heavy atom. The maximum absolute atomic E-state index is 12.0. The molecule has 5 heteroatoms. The molecule has 0 radical (unpaired) electrons. The molecule has 1 unspecified atom stereocenters. The number of benzene rings is 1. The van der Waals surface area contributed by atoms with Crippen LogP contribution in [0.15, 0.2) is 42.7 Å². The molecule has 1 aromatic carbocycles. The number of nitrogens with zero attached hydrogens (tertiary/aromatic N) is 3. The van der Waals surface area contributed by atoms with Gasteiger partial charge in [-0.2, -0.15) is 10.4 Å². The third kappa shape index (κ3) is 3.45. The first-order valence-corrected chi connectivity index (χ1v) is 6.42. The minimum Gasteiger partial charge on any atom is -0.353 e. The molecule has 2 aromatic rings. The van der Waals surface area contributed by atoms with Gasteiger partial charge in [-0.25, -0.2) is 0 Å². The first-order valence-electron chi connectivity index (χ1n) is 6.42. The van der Waals surface area contributed by atoms with E-state index in [9.17, 15) is 4.79 Å². The van der Waals surface area contributed by atoms with Gasteiger partial charge in [-0.05, 0) is 18.1 Å². The van der Waals surface area contributed by atoms with E-state index in [0.29, 0.717) is 18.7 Å². The van der Waals surface area contributed by atoms with Crippen molar-refractivity contribution in [3.05, 3.63) is 53.9 Å². The van der Waals surface area contributed by atoms with Crippen LogP contribution in [-0.4, -0.2) is 22.2 Å². The highest BCUT2D eigenvalue weighted by molar-refractivity contribution is 5.86. The average Bonchev–Trinajstić information content (AvgIpc) is 2.86. The van der Waals surface area contributed by atoms with E-state index < -0.39 is 5.92 Å². The summed E-state index contributed by atoms with van der Waals surface area (Å²) in [6, 6.07) is 11.1. The number of aromatic nitrogens is 2. The van der Waals surface area contributed by atoms with Crippen LogP contribution in [0.2, 0.25) is 0 Å². The van der Waals surface area contributed by atoms with E-state index in [4.69, 9.17) is 5.26 Å².